The van der Waals surface area contributed by atoms with Gasteiger partial charge in [-0.15, -0.1) is 0 Å². The van der Waals surface area contributed by atoms with Gasteiger partial charge in [-0.3, -0.25) is 4.79 Å². The quantitative estimate of drug-likeness (QED) is 0.764. The van der Waals surface area contributed by atoms with Crippen LogP contribution in [0.3, 0.4) is 0 Å². The summed E-state index contributed by atoms with van der Waals surface area (Å²) in [6.07, 6.45) is 1.13. The summed E-state index contributed by atoms with van der Waals surface area (Å²) >= 11 is 1.62. The first kappa shape index (κ1) is 20.0. The lowest BCUT2D eigenvalue weighted by Gasteiger charge is -2.32. The number of piperidine rings is 1. The summed E-state index contributed by atoms with van der Waals surface area (Å²) in [6, 6.07) is 7.27. The summed E-state index contributed by atoms with van der Waals surface area (Å²) < 4.78 is 27.3. The molecule has 0 bridgehead atoms. The normalized spacial score (nSPS) is 16.4. The number of carbonyl (C=O) groups excluding carboxylic acids is 1. The highest BCUT2D eigenvalue weighted by atomic mass is 32.2. The maximum atomic E-state index is 12.9. The van der Waals surface area contributed by atoms with E-state index in [-0.39, 0.29) is 11.8 Å². The molecule has 0 spiro atoms. The van der Waals surface area contributed by atoms with Gasteiger partial charge in [0.15, 0.2) is 0 Å². The molecular weight excluding hydrogens is 380 g/mol. The molecule has 1 aliphatic rings. The van der Waals surface area contributed by atoms with Crippen LogP contribution in [-0.4, -0.2) is 43.7 Å². The Morgan fingerprint density at radius 1 is 1.19 bits per heavy atom. The van der Waals surface area contributed by atoms with Crippen molar-refractivity contribution in [3.8, 4) is 0 Å². The van der Waals surface area contributed by atoms with Gasteiger partial charge in [0.1, 0.15) is 0 Å². The van der Waals surface area contributed by atoms with E-state index in [2.05, 4.69) is 0 Å². The molecule has 1 amide bonds. The van der Waals surface area contributed by atoms with Crippen LogP contribution in [0.5, 0.6) is 0 Å². The summed E-state index contributed by atoms with van der Waals surface area (Å²) in [5.41, 5.74) is 3.17. The highest BCUT2D eigenvalue weighted by Crippen LogP contribution is 2.26. The summed E-state index contributed by atoms with van der Waals surface area (Å²) in [6.45, 7) is 5.26. The van der Waals surface area contributed by atoms with Gasteiger partial charge in [-0.25, -0.2) is 8.42 Å². The number of carbonyl (C=O) groups is 1. The highest BCUT2D eigenvalue weighted by Gasteiger charge is 2.33. The van der Waals surface area contributed by atoms with Crippen LogP contribution >= 0.6 is 11.3 Å². The van der Waals surface area contributed by atoms with Crippen LogP contribution in [0.25, 0.3) is 0 Å². The van der Waals surface area contributed by atoms with Crippen LogP contribution in [0, 0.1) is 19.8 Å². The third-order valence-electron chi connectivity index (χ3n) is 5.30. The van der Waals surface area contributed by atoms with E-state index < -0.39 is 10.0 Å². The number of nitrogens with zero attached hydrogens (tertiary/aromatic N) is 2. The van der Waals surface area contributed by atoms with Crippen molar-refractivity contribution in [3.63, 3.8) is 0 Å². The molecule has 3 rings (SSSR count). The smallest absolute Gasteiger partial charge is 0.243 e. The molecule has 7 heteroatoms. The summed E-state index contributed by atoms with van der Waals surface area (Å²) in [7, 11) is -1.68. The number of benzene rings is 1. The maximum Gasteiger partial charge on any atom is 0.243 e. The van der Waals surface area contributed by atoms with Crippen LogP contribution in [0.1, 0.15) is 29.5 Å². The molecular formula is C20H26N2O3S2. The fraction of sp³-hybridized carbons (Fsp3) is 0.450. The Kier molecular flexibility index (Phi) is 6.03. The Morgan fingerprint density at radius 3 is 2.48 bits per heavy atom. The molecule has 0 aliphatic carbocycles. The average Bonchev–Trinajstić information content (AvgIpc) is 3.16. The molecule has 1 saturated heterocycles. The third kappa shape index (κ3) is 4.42. The van der Waals surface area contributed by atoms with Gasteiger partial charge >= 0.3 is 0 Å². The average molecular weight is 407 g/mol. The standard InChI is InChI=1S/C20H26N2O3S2/c1-15-4-5-19(12-16(15)2)27(24,25)22-9-6-18(7-10-22)20(23)21(3)13-17-8-11-26-14-17/h4-5,8,11-12,14,18H,6-7,9-10,13H2,1-3H3. The number of amides is 1. The van der Waals surface area contributed by atoms with Crippen LogP contribution in [0.4, 0.5) is 0 Å². The molecule has 0 N–H and O–H groups in total. The maximum absolute atomic E-state index is 12.9. The van der Waals surface area contributed by atoms with Crippen LogP contribution in [0.2, 0.25) is 0 Å². The van der Waals surface area contributed by atoms with Gasteiger partial charge in [0.2, 0.25) is 15.9 Å². The van der Waals surface area contributed by atoms with Gasteiger partial charge in [0, 0.05) is 32.6 Å². The van der Waals surface area contributed by atoms with E-state index in [1.807, 2.05) is 43.8 Å². The molecule has 1 aliphatic heterocycles. The summed E-state index contributed by atoms with van der Waals surface area (Å²) in [5, 5.41) is 4.05. The molecule has 2 heterocycles. The predicted octanol–water partition coefficient (Wildman–Crippen LogP) is 3.42. The highest BCUT2D eigenvalue weighted by molar-refractivity contribution is 7.89. The minimum Gasteiger partial charge on any atom is -0.341 e. The second-order valence-corrected chi connectivity index (χ2v) is 9.97. The first-order chi connectivity index (χ1) is 12.8. The van der Waals surface area contributed by atoms with Gasteiger partial charge in [0.25, 0.3) is 0 Å². The van der Waals surface area contributed by atoms with E-state index in [9.17, 15) is 13.2 Å². The van der Waals surface area contributed by atoms with E-state index in [1.54, 1.807) is 28.4 Å². The molecule has 1 aromatic heterocycles. The zero-order valence-electron chi connectivity index (χ0n) is 16.0. The van der Waals surface area contributed by atoms with E-state index in [4.69, 9.17) is 0 Å². The summed E-state index contributed by atoms with van der Waals surface area (Å²) in [5.74, 6) is -0.00994. The first-order valence-corrected chi connectivity index (χ1v) is 11.5. The number of hydrogen-bond donors (Lipinski definition) is 0. The number of thiophene rings is 1. The molecule has 1 aromatic carbocycles. The zero-order valence-corrected chi connectivity index (χ0v) is 17.6. The lowest BCUT2D eigenvalue weighted by molar-refractivity contribution is -0.135. The Balaban J connectivity index is 1.62. The fourth-order valence-corrected chi connectivity index (χ4v) is 5.63. The Hall–Kier alpha value is -1.70. The van der Waals surface area contributed by atoms with E-state index in [0.29, 0.717) is 37.4 Å². The molecule has 27 heavy (non-hydrogen) atoms. The van der Waals surface area contributed by atoms with E-state index in [0.717, 1.165) is 16.7 Å². The van der Waals surface area contributed by atoms with Crippen molar-refractivity contribution in [1.82, 2.24) is 9.21 Å². The second-order valence-electron chi connectivity index (χ2n) is 7.25. The van der Waals surface area contributed by atoms with Crippen molar-refractivity contribution in [2.75, 3.05) is 20.1 Å². The third-order valence-corrected chi connectivity index (χ3v) is 7.92. The molecule has 0 unspecified atom stereocenters. The Bertz CT molecular complexity index is 899. The van der Waals surface area contributed by atoms with Crippen LogP contribution in [-0.2, 0) is 21.4 Å². The van der Waals surface area contributed by atoms with Crippen LogP contribution in [0.15, 0.2) is 39.9 Å². The SMILES string of the molecule is Cc1ccc(S(=O)(=O)N2CCC(C(=O)N(C)Cc3ccsc3)CC2)cc1C. The number of sulfonamides is 1. The zero-order chi connectivity index (χ0) is 19.6. The van der Waals surface area contributed by atoms with Crippen LogP contribution < -0.4 is 0 Å². The van der Waals surface area contributed by atoms with E-state index >= 15 is 0 Å². The Labute approximate surface area is 165 Å². The monoisotopic (exact) mass is 406 g/mol. The van der Waals surface area contributed by atoms with Gasteiger partial charge < -0.3 is 4.90 Å². The summed E-state index contributed by atoms with van der Waals surface area (Å²) in [4.78, 5) is 14.8. The van der Waals surface area contributed by atoms with Crippen molar-refractivity contribution < 1.29 is 13.2 Å². The molecule has 0 saturated carbocycles. The van der Waals surface area contributed by atoms with Crippen molar-refractivity contribution in [3.05, 3.63) is 51.7 Å². The minimum absolute atomic E-state index is 0.101. The predicted molar refractivity (Wildman–Crippen MR) is 108 cm³/mol. The van der Waals surface area contributed by atoms with Crippen molar-refractivity contribution in [2.24, 2.45) is 5.92 Å². The molecule has 1 fully saturated rings. The molecule has 2 aromatic rings. The van der Waals surface area contributed by atoms with Crippen molar-refractivity contribution in [1.29, 1.82) is 0 Å². The lowest BCUT2D eigenvalue weighted by atomic mass is 9.96. The second kappa shape index (κ2) is 8.12. The fourth-order valence-electron chi connectivity index (χ4n) is 3.41. The number of rotatable bonds is 5. The van der Waals surface area contributed by atoms with Gasteiger partial charge in [0.05, 0.1) is 4.90 Å². The molecule has 146 valence electrons. The topological polar surface area (TPSA) is 57.7 Å². The minimum atomic E-state index is -3.50. The number of aryl methyl sites for hydroxylation is 2. The molecule has 0 radical (unpaired) electrons. The van der Waals surface area contributed by atoms with Gasteiger partial charge in [-0.1, -0.05) is 6.07 Å². The molecule has 5 nitrogen and oxygen atoms in total. The number of hydrogen-bond acceptors (Lipinski definition) is 4. The van der Waals surface area contributed by atoms with Crippen molar-refractivity contribution >= 4 is 27.3 Å². The molecule has 0 atom stereocenters. The van der Waals surface area contributed by atoms with Gasteiger partial charge in [-0.05, 0) is 72.3 Å². The van der Waals surface area contributed by atoms with E-state index in [1.165, 1.54) is 4.31 Å². The first-order valence-electron chi connectivity index (χ1n) is 9.12. The van der Waals surface area contributed by atoms with Gasteiger partial charge in [-0.2, -0.15) is 15.6 Å². The largest absolute Gasteiger partial charge is 0.341 e. The Morgan fingerprint density at radius 2 is 1.89 bits per heavy atom. The lowest BCUT2D eigenvalue weighted by Crippen LogP contribution is -2.43. The van der Waals surface area contributed by atoms with Crippen molar-refractivity contribution in [2.45, 2.75) is 38.1 Å².